The van der Waals surface area contributed by atoms with Gasteiger partial charge in [-0.05, 0) is 49.8 Å². The molecule has 4 heteroatoms. The van der Waals surface area contributed by atoms with Gasteiger partial charge in [0.15, 0.2) is 0 Å². The van der Waals surface area contributed by atoms with Gasteiger partial charge < -0.3 is 15.4 Å². The van der Waals surface area contributed by atoms with Gasteiger partial charge in [-0.3, -0.25) is 0 Å². The molecule has 0 saturated carbocycles. The van der Waals surface area contributed by atoms with Crippen LogP contribution >= 0.6 is 11.6 Å². The van der Waals surface area contributed by atoms with Gasteiger partial charge in [0.25, 0.3) is 0 Å². The largest absolute Gasteiger partial charge is 0.376 e. The molecule has 0 radical (unpaired) electrons. The molecule has 1 aliphatic heterocycles. The fraction of sp³-hybridized carbons (Fsp3) is 0.647. The molecular formula is C17H27ClN2O. The summed E-state index contributed by atoms with van der Waals surface area (Å²) in [5.74, 6) is 0. The number of rotatable bonds is 6. The van der Waals surface area contributed by atoms with E-state index in [1.54, 1.807) is 0 Å². The molecule has 1 aromatic rings. The third kappa shape index (κ3) is 4.87. The van der Waals surface area contributed by atoms with Crippen LogP contribution in [-0.2, 0) is 11.2 Å². The highest BCUT2D eigenvalue weighted by Gasteiger charge is 2.16. The zero-order valence-electron chi connectivity index (χ0n) is 13.1. The average molecular weight is 311 g/mol. The number of nitrogens with two attached hydrogens (primary N) is 1. The smallest absolute Gasteiger partial charge is 0.0749 e. The topological polar surface area (TPSA) is 38.5 Å². The second-order valence-electron chi connectivity index (χ2n) is 6.02. The molecule has 21 heavy (non-hydrogen) atoms. The van der Waals surface area contributed by atoms with E-state index in [9.17, 15) is 0 Å². The number of hydrogen-bond acceptors (Lipinski definition) is 3. The van der Waals surface area contributed by atoms with Crippen molar-refractivity contribution in [3.8, 4) is 0 Å². The van der Waals surface area contributed by atoms with Crippen LogP contribution in [0.5, 0.6) is 0 Å². The summed E-state index contributed by atoms with van der Waals surface area (Å²) in [6, 6.07) is 6.46. The Bertz CT molecular complexity index is 446. The Kier molecular flexibility index (Phi) is 6.34. The first-order valence-electron chi connectivity index (χ1n) is 7.97. The highest BCUT2D eigenvalue weighted by molar-refractivity contribution is 6.31. The minimum Gasteiger partial charge on any atom is -0.376 e. The van der Waals surface area contributed by atoms with Gasteiger partial charge in [-0.15, -0.1) is 0 Å². The first kappa shape index (κ1) is 16.6. The predicted octanol–water partition coefficient (Wildman–Crippen LogP) is 3.63. The molecular weight excluding hydrogens is 284 g/mol. The van der Waals surface area contributed by atoms with Crippen molar-refractivity contribution in [3.05, 3.63) is 28.8 Å². The van der Waals surface area contributed by atoms with Crippen molar-refractivity contribution in [1.82, 2.24) is 0 Å². The fourth-order valence-electron chi connectivity index (χ4n) is 2.73. The average Bonchev–Trinajstić information content (AvgIpc) is 2.50. The maximum Gasteiger partial charge on any atom is 0.0749 e. The Morgan fingerprint density at radius 3 is 2.86 bits per heavy atom. The van der Waals surface area contributed by atoms with E-state index in [0.717, 1.165) is 48.7 Å². The Labute approximate surface area is 133 Å². The van der Waals surface area contributed by atoms with Gasteiger partial charge in [0.05, 0.1) is 6.10 Å². The molecule has 2 unspecified atom stereocenters. The van der Waals surface area contributed by atoms with Crippen molar-refractivity contribution in [2.24, 2.45) is 5.73 Å². The van der Waals surface area contributed by atoms with Crippen molar-refractivity contribution in [2.45, 2.75) is 51.2 Å². The molecule has 1 heterocycles. The Hall–Kier alpha value is -0.770. The molecule has 0 spiro atoms. The van der Waals surface area contributed by atoms with Crippen molar-refractivity contribution in [2.75, 3.05) is 25.1 Å². The summed E-state index contributed by atoms with van der Waals surface area (Å²) in [6.07, 6.45) is 5.77. The second-order valence-corrected chi connectivity index (χ2v) is 6.42. The van der Waals surface area contributed by atoms with Crippen LogP contribution in [0.1, 0.15) is 38.2 Å². The lowest BCUT2D eigenvalue weighted by Crippen LogP contribution is -2.33. The zero-order chi connectivity index (χ0) is 15.2. The summed E-state index contributed by atoms with van der Waals surface area (Å²) in [4.78, 5) is 2.23. The molecule has 0 aromatic heterocycles. The van der Waals surface area contributed by atoms with Crippen LogP contribution in [0.2, 0.25) is 5.02 Å². The van der Waals surface area contributed by atoms with Crippen LogP contribution in [0.4, 0.5) is 5.69 Å². The van der Waals surface area contributed by atoms with Crippen molar-refractivity contribution >= 4 is 17.3 Å². The molecule has 1 aromatic carbocycles. The van der Waals surface area contributed by atoms with Crippen molar-refractivity contribution in [1.29, 1.82) is 0 Å². The molecule has 2 atom stereocenters. The van der Waals surface area contributed by atoms with Gasteiger partial charge in [-0.2, -0.15) is 0 Å². The third-order valence-electron chi connectivity index (χ3n) is 4.24. The number of anilines is 1. The highest BCUT2D eigenvalue weighted by Crippen LogP contribution is 2.25. The predicted molar refractivity (Wildman–Crippen MR) is 90.3 cm³/mol. The van der Waals surface area contributed by atoms with Crippen LogP contribution in [-0.4, -0.2) is 32.3 Å². The summed E-state index contributed by atoms with van der Waals surface area (Å²) in [7, 11) is 2.10. The van der Waals surface area contributed by atoms with Crippen LogP contribution in [0.25, 0.3) is 0 Å². The summed E-state index contributed by atoms with van der Waals surface area (Å²) in [6.45, 7) is 3.92. The van der Waals surface area contributed by atoms with Gasteiger partial charge in [-0.25, -0.2) is 0 Å². The van der Waals surface area contributed by atoms with Crippen LogP contribution < -0.4 is 10.6 Å². The summed E-state index contributed by atoms with van der Waals surface area (Å²) >= 11 is 6.40. The number of likely N-dealkylation sites (N-methyl/N-ethyl adjacent to an activating group) is 1. The highest BCUT2D eigenvalue weighted by atomic mass is 35.5. The van der Waals surface area contributed by atoms with Crippen LogP contribution in [0, 0.1) is 0 Å². The number of nitrogens with zero attached hydrogens (tertiary/aromatic N) is 1. The minimum absolute atomic E-state index is 0.182. The number of halogens is 1. The third-order valence-corrected chi connectivity index (χ3v) is 4.59. The maximum atomic E-state index is 6.40. The Morgan fingerprint density at radius 2 is 2.24 bits per heavy atom. The van der Waals surface area contributed by atoms with E-state index in [1.807, 2.05) is 6.07 Å². The maximum absolute atomic E-state index is 6.40. The number of hydrogen-bond donors (Lipinski definition) is 1. The minimum atomic E-state index is 0.182. The van der Waals surface area contributed by atoms with E-state index in [4.69, 9.17) is 22.1 Å². The van der Waals surface area contributed by atoms with Crippen LogP contribution in [0.3, 0.4) is 0 Å². The second kappa shape index (κ2) is 8.02. The standard InChI is InChI=1S/C17H27ClN2O/c1-3-14(19)10-13-7-8-15(11-17(13)18)20(2)12-16-6-4-5-9-21-16/h7-8,11,14,16H,3-6,9-10,12,19H2,1-2H3. The van der Waals surface area contributed by atoms with E-state index in [-0.39, 0.29) is 6.04 Å². The van der Waals surface area contributed by atoms with Gasteiger partial charge in [0.1, 0.15) is 0 Å². The molecule has 118 valence electrons. The summed E-state index contributed by atoms with van der Waals surface area (Å²) in [5, 5.41) is 0.813. The number of benzene rings is 1. The van der Waals surface area contributed by atoms with Crippen molar-refractivity contribution < 1.29 is 4.74 Å². The molecule has 3 nitrogen and oxygen atoms in total. The lowest BCUT2D eigenvalue weighted by atomic mass is 10.0. The molecule has 0 aliphatic carbocycles. The van der Waals surface area contributed by atoms with Crippen LogP contribution in [0.15, 0.2) is 18.2 Å². The SMILES string of the molecule is CCC(N)Cc1ccc(N(C)CC2CCCCO2)cc1Cl. The lowest BCUT2D eigenvalue weighted by molar-refractivity contribution is 0.0216. The molecule has 1 aliphatic rings. The van der Waals surface area contributed by atoms with Gasteiger partial charge in [0, 0.05) is 37.0 Å². The molecule has 1 fully saturated rings. The molecule has 2 N–H and O–H groups in total. The summed E-state index contributed by atoms with van der Waals surface area (Å²) < 4.78 is 5.80. The lowest BCUT2D eigenvalue weighted by Gasteiger charge is -2.29. The van der Waals surface area contributed by atoms with E-state index in [0.29, 0.717) is 6.10 Å². The Balaban J connectivity index is 1.97. The zero-order valence-corrected chi connectivity index (χ0v) is 13.9. The monoisotopic (exact) mass is 310 g/mol. The van der Waals surface area contributed by atoms with Crippen molar-refractivity contribution in [3.63, 3.8) is 0 Å². The van der Waals surface area contributed by atoms with E-state index in [1.165, 1.54) is 12.8 Å². The van der Waals surface area contributed by atoms with Gasteiger partial charge in [-0.1, -0.05) is 24.6 Å². The molecule has 1 saturated heterocycles. The number of ether oxygens (including phenoxy) is 1. The normalized spacial score (nSPS) is 20.3. The van der Waals surface area contributed by atoms with E-state index < -0.39 is 0 Å². The first-order valence-corrected chi connectivity index (χ1v) is 8.34. The summed E-state index contributed by atoms with van der Waals surface area (Å²) in [5.41, 5.74) is 8.29. The fourth-order valence-corrected chi connectivity index (χ4v) is 2.98. The molecule has 2 rings (SSSR count). The quantitative estimate of drug-likeness (QED) is 0.872. The first-order chi connectivity index (χ1) is 10.1. The molecule has 0 bridgehead atoms. The van der Waals surface area contributed by atoms with Gasteiger partial charge >= 0.3 is 0 Å². The van der Waals surface area contributed by atoms with Gasteiger partial charge in [0.2, 0.25) is 0 Å². The Morgan fingerprint density at radius 1 is 1.43 bits per heavy atom. The van der Waals surface area contributed by atoms with E-state index in [2.05, 4.69) is 31.0 Å². The molecule has 0 amide bonds. The van der Waals surface area contributed by atoms with E-state index >= 15 is 0 Å².